The lowest BCUT2D eigenvalue weighted by atomic mass is 10.2. The summed E-state index contributed by atoms with van der Waals surface area (Å²) in [5.41, 5.74) is 2.10. The molecule has 0 fully saturated rings. The van der Waals surface area contributed by atoms with Crippen LogP contribution in [0.4, 0.5) is 5.13 Å². The van der Waals surface area contributed by atoms with Gasteiger partial charge in [0.05, 0.1) is 28.8 Å². The second kappa shape index (κ2) is 7.84. The summed E-state index contributed by atoms with van der Waals surface area (Å²) in [6, 6.07) is 9.75. The minimum Gasteiger partial charge on any atom is -0.467 e. The van der Waals surface area contributed by atoms with Crippen LogP contribution in [0.1, 0.15) is 25.2 Å². The lowest BCUT2D eigenvalue weighted by Gasteiger charge is -2.18. The molecule has 25 heavy (non-hydrogen) atoms. The number of furan rings is 1. The number of aryl methyl sites for hydroxylation is 1. The number of nitrogens with zero attached hydrogens (tertiary/aromatic N) is 2. The minimum absolute atomic E-state index is 0.0804. The number of rotatable bonds is 6. The molecule has 1 amide bonds. The van der Waals surface area contributed by atoms with Crippen LogP contribution < -0.4 is 4.90 Å². The zero-order chi connectivity index (χ0) is 17.8. The van der Waals surface area contributed by atoms with Gasteiger partial charge < -0.3 is 4.42 Å². The first-order valence-electron chi connectivity index (χ1n) is 7.92. The first-order chi connectivity index (χ1) is 12.1. The van der Waals surface area contributed by atoms with Gasteiger partial charge in [0, 0.05) is 6.92 Å². The SMILES string of the molecule is CCc1ccc2nc(N(Cc3ccco3)C(=O)CSC(C)=O)sc2c1. The van der Waals surface area contributed by atoms with Crippen molar-refractivity contribution in [2.75, 3.05) is 10.7 Å². The molecule has 7 heteroatoms. The highest BCUT2D eigenvalue weighted by Crippen LogP contribution is 2.31. The van der Waals surface area contributed by atoms with Gasteiger partial charge in [-0.2, -0.15) is 0 Å². The molecule has 2 heterocycles. The summed E-state index contributed by atoms with van der Waals surface area (Å²) in [7, 11) is 0. The van der Waals surface area contributed by atoms with Crippen LogP contribution in [0, 0.1) is 0 Å². The van der Waals surface area contributed by atoms with Crippen molar-refractivity contribution in [1.29, 1.82) is 0 Å². The number of benzene rings is 1. The topological polar surface area (TPSA) is 63.4 Å². The molecule has 0 saturated carbocycles. The zero-order valence-electron chi connectivity index (χ0n) is 14.0. The van der Waals surface area contributed by atoms with Crippen LogP contribution in [0.2, 0.25) is 0 Å². The Bertz CT molecular complexity index is 887. The number of anilines is 1. The molecular weight excluding hydrogens is 356 g/mol. The smallest absolute Gasteiger partial charge is 0.239 e. The molecule has 2 aromatic heterocycles. The second-order valence-electron chi connectivity index (χ2n) is 5.49. The van der Waals surface area contributed by atoms with E-state index in [0.717, 1.165) is 28.4 Å². The van der Waals surface area contributed by atoms with Gasteiger partial charge in [-0.15, -0.1) is 0 Å². The van der Waals surface area contributed by atoms with Crippen LogP contribution in [-0.4, -0.2) is 21.8 Å². The third-order valence-corrected chi connectivity index (χ3v) is 5.51. The number of hydrogen-bond donors (Lipinski definition) is 0. The highest BCUT2D eigenvalue weighted by atomic mass is 32.2. The molecule has 3 rings (SSSR count). The van der Waals surface area contributed by atoms with Gasteiger partial charge in [0.15, 0.2) is 10.2 Å². The first kappa shape index (κ1) is 17.7. The van der Waals surface area contributed by atoms with Gasteiger partial charge in [0.2, 0.25) is 5.91 Å². The maximum Gasteiger partial charge on any atom is 0.239 e. The normalized spacial score (nSPS) is 11.0. The lowest BCUT2D eigenvalue weighted by Crippen LogP contribution is -2.32. The Hall–Kier alpha value is -2.12. The predicted molar refractivity (Wildman–Crippen MR) is 102 cm³/mol. The summed E-state index contributed by atoms with van der Waals surface area (Å²) in [6.07, 6.45) is 2.53. The molecule has 0 aliphatic rings. The second-order valence-corrected chi connectivity index (χ2v) is 7.65. The number of hydrogen-bond acceptors (Lipinski definition) is 6. The Morgan fingerprint density at radius 1 is 1.32 bits per heavy atom. The van der Waals surface area contributed by atoms with Gasteiger partial charge in [-0.05, 0) is 36.2 Å². The van der Waals surface area contributed by atoms with Crippen molar-refractivity contribution in [2.45, 2.75) is 26.8 Å². The van der Waals surface area contributed by atoms with Gasteiger partial charge >= 0.3 is 0 Å². The number of amides is 1. The third kappa shape index (κ3) is 4.29. The lowest BCUT2D eigenvalue weighted by molar-refractivity contribution is -0.116. The molecule has 0 unspecified atom stereocenters. The van der Waals surface area contributed by atoms with Crippen LogP contribution in [0.5, 0.6) is 0 Å². The molecular formula is C18H18N2O3S2. The molecule has 0 saturated heterocycles. The van der Waals surface area contributed by atoms with Gasteiger partial charge in [-0.1, -0.05) is 36.1 Å². The maximum atomic E-state index is 12.7. The van der Waals surface area contributed by atoms with E-state index in [0.29, 0.717) is 17.4 Å². The van der Waals surface area contributed by atoms with E-state index in [9.17, 15) is 9.59 Å². The number of thioether (sulfide) groups is 1. The standard InChI is InChI=1S/C18H18N2O3S2/c1-3-13-6-7-15-16(9-13)25-18(19-15)20(10-14-5-4-8-23-14)17(22)11-24-12(2)21/h4-9H,3,10-11H2,1-2H3. The fourth-order valence-electron chi connectivity index (χ4n) is 2.35. The minimum atomic E-state index is -0.161. The average molecular weight is 374 g/mol. The van der Waals surface area contributed by atoms with E-state index >= 15 is 0 Å². The van der Waals surface area contributed by atoms with Crippen LogP contribution in [0.25, 0.3) is 10.2 Å². The molecule has 0 spiro atoms. The number of carbonyl (C=O) groups excluding carboxylic acids is 2. The summed E-state index contributed by atoms with van der Waals surface area (Å²) in [4.78, 5) is 30.0. The van der Waals surface area contributed by atoms with Crippen molar-refractivity contribution in [3.8, 4) is 0 Å². The average Bonchev–Trinajstić information content (AvgIpc) is 3.25. The van der Waals surface area contributed by atoms with Crippen LogP contribution >= 0.6 is 23.1 Å². The van der Waals surface area contributed by atoms with E-state index in [1.54, 1.807) is 17.2 Å². The monoisotopic (exact) mass is 374 g/mol. The molecule has 0 radical (unpaired) electrons. The zero-order valence-corrected chi connectivity index (χ0v) is 15.7. The summed E-state index contributed by atoms with van der Waals surface area (Å²) in [5, 5.41) is 0.539. The first-order valence-corrected chi connectivity index (χ1v) is 9.72. The van der Waals surface area contributed by atoms with Gasteiger partial charge in [0.25, 0.3) is 0 Å². The van der Waals surface area contributed by atoms with Crippen molar-refractivity contribution >= 4 is 49.5 Å². The van der Waals surface area contributed by atoms with E-state index < -0.39 is 0 Å². The number of fused-ring (bicyclic) bond motifs is 1. The summed E-state index contributed by atoms with van der Waals surface area (Å²) < 4.78 is 6.43. The Kier molecular flexibility index (Phi) is 5.55. The van der Waals surface area contributed by atoms with E-state index in [4.69, 9.17) is 4.42 Å². The molecule has 0 aliphatic heterocycles. The molecule has 3 aromatic rings. The van der Waals surface area contributed by atoms with E-state index in [2.05, 4.69) is 24.0 Å². The Balaban J connectivity index is 1.92. The summed E-state index contributed by atoms with van der Waals surface area (Å²) >= 11 is 2.48. The molecule has 0 atom stereocenters. The molecule has 0 N–H and O–H groups in total. The van der Waals surface area contributed by atoms with Crippen molar-refractivity contribution in [3.63, 3.8) is 0 Å². The fourth-order valence-corrected chi connectivity index (χ4v) is 3.88. The molecule has 5 nitrogen and oxygen atoms in total. The Morgan fingerprint density at radius 3 is 2.84 bits per heavy atom. The van der Waals surface area contributed by atoms with Crippen molar-refractivity contribution < 1.29 is 14.0 Å². The maximum absolute atomic E-state index is 12.7. The Labute approximate surface area is 154 Å². The van der Waals surface area contributed by atoms with Gasteiger partial charge in [0.1, 0.15) is 5.76 Å². The quantitative estimate of drug-likeness (QED) is 0.645. The number of carbonyl (C=O) groups is 2. The van der Waals surface area contributed by atoms with Gasteiger partial charge in [-0.3, -0.25) is 14.5 Å². The van der Waals surface area contributed by atoms with Crippen LogP contribution in [0.15, 0.2) is 41.0 Å². The highest BCUT2D eigenvalue weighted by Gasteiger charge is 2.21. The molecule has 1 aromatic carbocycles. The van der Waals surface area contributed by atoms with E-state index in [1.165, 1.54) is 23.8 Å². The fraction of sp³-hybridized carbons (Fsp3) is 0.278. The molecule has 130 valence electrons. The molecule has 0 bridgehead atoms. The summed E-state index contributed by atoms with van der Waals surface area (Å²) in [6.45, 7) is 3.86. The van der Waals surface area contributed by atoms with Crippen LogP contribution in [0.3, 0.4) is 0 Å². The van der Waals surface area contributed by atoms with E-state index in [1.807, 2.05) is 12.1 Å². The highest BCUT2D eigenvalue weighted by molar-refractivity contribution is 8.14. The predicted octanol–water partition coefficient (Wildman–Crippen LogP) is 4.26. The van der Waals surface area contributed by atoms with Gasteiger partial charge in [-0.25, -0.2) is 4.98 Å². The molecule has 0 aliphatic carbocycles. The number of thiazole rings is 1. The summed E-state index contributed by atoms with van der Waals surface area (Å²) in [5.74, 6) is 0.604. The van der Waals surface area contributed by atoms with Crippen molar-refractivity contribution in [2.24, 2.45) is 0 Å². The number of aromatic nitrogens is 1. The van der Waals surface area contributed by atoms with E-state index in [-0.39, 0.29) is 16.8 Å². The van der Waals surface area contributed by atoms with Crippen LogP contribution in [-0.2, 0) is 22.6 Å². The Morgan fingerprint density at radius 2 is 2.16 bits per heavy atom. The third-order valence-electron chi connectivity index (χ3n) is 3.67. The van der Waals surface area contributed by atoms with Crippen molar-refractivity contribution in [3.05, 3.63) is 47.9 Å². The largest absolute Gasteiger partial charge is 0.467 e. The van der Waals surface area contributed by atoms with Crippen molar-refractivity contribution in [1.82, 2.24) is 4.98 Å².